The van der Waals surface area contributed by atoms with E-state index >= 15 is 0 Å². The van der Waals surface area contributed by atoms with Gasteiger partial charge in [-0.25, -0.2) is 0 Å². The lowest BCUT2D eigenvalue weighted by Crippen LogP contribution is -2.08. The van der Waals surface area contributed by atoms with Gasteiger partial charge in [0.15, 0.2) is 0 Å². The first-order valence-corrected chi connectivity index (χ1v) is 5.88. The molecule has 0 spiro atoms. The SMILES string of the molecule is Nc1ccc(C2C=CC3CCCC32)cc1. The highest BCUT2D eigenvalue weighted by Gasteiger charge is 2.35. The molecule has 1 aromatic rings. The molecule has 2 aliphatic carbocycles. The number of hydrogen-bond donors (Lipinski definition) is 1. The van der Waals surface area contributed by atoms with Crippen LogP contribution in [0, 0.1) is 11.8 Å². The van der Waals surface area contributed by atoms with E-state index in [9.17, 15) is 0 Å². The van der Waals surface area contributed by atoms with E-state index in [1.54, 1.807) is 0 Å². The summed E-state index contributed by atoms with van der Waals surface area (Å²) < 4.78 is 0. The van der Waals surface area contributed by atoms with Crippen LogP contribution < -0.4 is 5.73 Å². The summed E-state index contributed by atoms with van der Waals surface area (Å²) in [5.74, 6) is 2.37. The topological polar surface area (TPSA) is 26.0 Å². The number of allylic oxidation sites excluding steroid dienone is 2. The van der Waals surface area contributed by atoms with Crippen LogP contribution in [-0.2, 0) is 0 Å². The summed E-state index contributed by atoms with van der Waals surface area (Å²) >= 11 is 0. The standard InChI is InChI=1S/C14H17N/c15-12-7-4-11(5-8-12)14-9-6-10-2-1-3-13(10)14/h4-10,13-14H,1-3,15H2. The molecule has 0 saturated heterocycles. The minimum atomic E-state index is 0.651. The maximum atomic E-state index is 5.71. The van der Waals surface area contributed by atoms with Gasteiger partial charge in [-0.1, -0.05) is 30.7 Å². The second-order valence-electron chi connectivity index (χ2n) is 4.84. The molecule has 1 aromatic carbocycles. The molecule has 1 fully saturated rings. The molecule has 15 heavy (non-hydrogen) atoms. The summed E-state index contributed by atoms with van der Waals surface area (Å²) in [6, 6.07) is 8.41. The van der Waals surface area contributed by atoms with Gasteiger partial charge < -0.3 is 5.73 Å². The molecule has 0 radical (unpaired) electrons. The van der Waals surface area contributed by atoms with Crippen LogP contribution in [0.4, 0.5) is 5.69 Å². The molecule has 78 valence electrons. The van der Waals surface area contributed by atoms with Crippen LogP contribution in [0.15, 0.2) is 36.4 Å². The molecule has 1 nitrogen and oxygen atoms in total. The van der Waals surface area contributed by atoms with Crippen LogP contribution in [0.3, 0.4) is 0 Å². The van der Waals surface area contributed by atoms with Crippen molar-refractivity contribution < 1.29 is 0 Å². The number of anilines is 1. The minimum Gasteiger partial charge on any atom is -0.399 e. The van der Waals surface area contributed by atoms with Crippen LogP contribution in [0.2, 0.25) is 0 Å². The number of hydrogen-bond acceptors (Lipinski definition) is 1. The fraction of sp³-hybridized carbons (Fsp3) is 0.429. The Kier molecular flexibility index (Phi) is 2.05. The molecule has 3 atom stereocenters. The largest absolute Gasteiger partial charge is 0.399 e. The van der Waals surface area contributed by atoms with E-state index in [-0.39, 0.29) is 0 Å². The Balaban J connectivity index is 1.88. The van der Waals surface area contributed by atoms with Crippen molar-refractivity contribution in [3.05, 3.63) is 42.0 Å². The molecule has 0 amide bonds. The third kappa shape index (κ3) is 1.46. The molecule has 0 aliphatic heterocycles. The molecular formula is C14H17N. The average Bonchev–Trinajstić information content (AvgIpc) is 2.80. The molecule has 1 saturated carbocycles. The van der Waals surface area contributed by atoms with Gasteiger partial charge in [0.1, 0.15) is 0 Å². The third-order valence-corrected chi connectivity index (χ3v) is 3.97. The monoisotopic (exact) mass is 199 g/mol. The lowest BCUT2D eigenvalue weighted by molar-refractivity contribution is 0.449. The minimum absolute atomic E-state index is 0.651. The molecule has 0 aromatic heterocycles. The van der Waals surface area contributed by atoms with Crippen LogP contribution in [0.5, 0.6) is 0 Å². The van der Waals surface area contributed by atoms with Crippen molar-refractivity contribution in [1.29, 1.82) is 0 Å². The molecule has 1 heteroatoms. The third-order valence-electron chi connectivity index (χ3n) is 3.97. The molecule has 3 unspecified atom stereocenters. The van der Waals surface area contributed by atoms with E-state index in [0.29, 0.717) is 5.92 Å². The van der Waals surface area contributed by atoms with Gasteiger partial charge in [-0.05, 0) is 42.4 Å². The molecule has 3 rings (SSSR count). The van der Waals surface area contributed by atoms with Crippen molar-refractivity contribution in [1.82, 2.24) is 0 Å². The van der Waals surface area contributed by atoms with Crippen LogP contribution in [0.1, 0.15) is 30.7 Å². The first-order chi connectivity index (χ1) is 7.34. The Morgan fingerprint density at radius 1 is 1.00 bits per heavy atom. The van der Waals surface area contributed by atoms with Gasteiger partial charge in [0.05, 0.1) is 0 Å². The second-order valence-corrected chi connectivity index (χ2v) is 4.84. The number of rotatable bonds is 1. The predicted molar refractivity (Wildman–Crippen MR) is 63.6 cm³/mol. The number of nitrogen functional groups attached to an aromatic ring is 1. The van der Waals surface area contributed by atoms with Gasteiger partial charge in [-0.2, -0.15) is 0 Å². The summed E-state index contributed by atoms with van der Waals surface area (Å²) in [4.78, 5) is 0. The quantitative estimate of drug-likeness (QED) is 0.545. The van der Waals surface area contributed by atoms with Crippen molar-refractivity contribution in [2.24, 2.45) is 11.8 Å². The van der Waals surface area contributed by atoms with E-state index in [0.717, 1.165) is 17.5 Å². The predicted octanol–water partition coefficient (Wildman–Crippen LogP) is 3.34. The first kappa shape index (κ1) is 9.02. The number of benzene rings is 1. The van der Waals surface area contributed by atoms with Crippen molar-refractivity contribution in [2.45, 2.75) is 25.2 Å². The summed E-state index contributed by atoms with van der Waals surface area (Å²) in [5.41, 5.74) is 8.02. The van der Waals surface area contributed by atoms with Gasteiger partial charge in [-0.15, -0.1) is 0 Å². The number of nitrogens with two attached hydrogens (primary N) is 1. The highest BCUT2D eigenvalue weighted by molar-refractivity contribution is 5.42. The van der Waals surface area contributed by atoms with Crippen LogP contribution in [-0.4, -0.2) is 0 Å². The van der Waals surface area contributed by atoms with Crippen LogP contribution >= 0.6 is 0 Å². The van der Waals surface area contributed by atoms with Gasteiger partial charge in [0, 0.05) is 11.6 Å². The zero-order valence-corrected chi connectivity index (χ0v) is 8.89. The average molecular weight is 199 g/mol. The summed E-state index contributed by atoms with van der Waals surface area (Å²) in [7, 11) is 0. The summed E-state index contributed by atoms with van der Waals surface area (Å²) in [5, 5.41) is 0. The lowest BCUT2D eigenvalue weighted by atomic mass is 9.85. The zero-order chi connectivity index (χ0) is 10.3. The molecular weight excluding hydrogens is 182 g/mol. The van der Waals surface area contributed by atoms with Crippen molar-refractivity contribution >= 4 is 5.69 Å². The lowest BCUT2D eigenvalue weighted by Gasteiger charge is -2.19. The van der Waals surface area contributed by atoms with E-state index in [1.807, 2.05) is 12.1 Å². The van der Waals surface area contributed by atoms with Crippen molar-refractivity contribution in [3.63, 3.8) is 0 Å². The fourth-order valence-electron chi connectivity index (χ4n) is 3.18. The van der Waals surface area contributed by atoms with E-state index in [2.05, 4.69) is 24.3 Å². The Morgan fingerprint density at radius 2 is 1.80 bits per heavy atom. The second kappa shape index (κ2) is 3.41. The Hall–Kier alpha value is -1.24. The van der Waals surface area contributed by atoms with Gasteiger partial charge in [0.2, 0.25) is 0 Å². The Bertz CT molecular complexity index is 377. The van der Waals surface area contributed by atoms with Gasteiger partial charge >= 0.3 is 0 Å². The van der Waals surface area contributed by atoms with E-state index < -0.39 is 0 Å². The maximum absolute atomic E-state index is 5.71. The summed E-state index contributed by atoms with van der Waals surface area (Å²) in [6.45, 7) is 0. The van der Waals surface area contributed by atoms with Crippen molar-refractivity contribution in [2.75, 3.05) is 5.73 Å². The normalized spacial score (nSPS) is 33.2. The van der Waals surface area contributed by atoms with E-state index in [4.69, 9.17) is 5.73 Å². The molecule has 2 aliphatic rings. The smallest absolute Gasteiger partial charge is 0.0314 e. The Labute approximate surface area is 91.0 Å². The maximum Gasteiger partial charge on any atom is 0.0314 e. The fourth-order valence-corrected chi connectivity index (χ4v) is 3.18. The zero-order valence-electron chi connectivity index (χ0n) is 8.89. The number of fused-ring (bicyclic) bond motifs is 1. The van der Waals surface area contributed by atoms with Gasteiger partial charge in [0.25, 0.3) is 0 Å². The van der Waals surface area contributed by atoms with Gasteiger partial charge in [-0.3, -0.25) is 0 Å². The first-order valence-electron chi connectivity index (χ1n) is 5.88. The van der Waals surface area contributed by atoms with Crippen molar-refractivity contribution in [3.8, 4) is 0 Å². The highest BCUT2D eigenvalue weighted by atomic mass is 14.5. The molecule has 2 N–H and O–H groups in total. The highest BCUT2D eigenvalue weighted by Crippen LogP contribution is 2.47. The summed E-state index contributed by atoms with van der Waals surface area (Å²) in [6.07, 6.45) is 9.03. The Morgan fingerprint density at radius 3 is 2.60 bits per heavy atom. The van der Waals surface area contributed by atoms with E-state index in [1.165, 1.54) is 24.8 Å². The molecule has 0 heterocycles. The van der Waals surface area contributed by atoms with Crippen LogP contribution in [0.25, 0.3) is 0 Å². The molecule has 0 bridgehead atoms.